The van der Waals surface area contributed by atoms with E-state index in [2.05, 4.69) is 4.98 Å². The zero-order valence-corrected chi connectivity index (χ0v) is 10.1. The third-order valence-corrected chi connectivity index (χ3v) is 3.40. The van der Waals surface area contributed by atoms with Crippen molar-refractivity contribution in [2.45, 2.75) is 0 Å². The number of hydrogen-bond acceptors (Lipinski definition) is 4. The first-order chi connectivity index (χ1) is 9.68. The molecule has 0 fully saturated rings. The third-order valence-electron chi connectivity index (χ3n) is 3.40. The summed E-state index contributed by atoms with van der Waals surface area (Å²) in [5, 5.41) is 10.1. The second-order valence-corrected chi connectivity index (χ2v) is 4.50. The molecule has 96 valence electrons. The van der Waals surface area contributed by atoms with Gasteiger partial charge in [-0.05, 0) is 0 Å². The first-order valence-electron chi connectivity index (χ1n) is 5.94. The lowest BCUT2D eigenvalue weighted by Gasteiger charge is -2.09. The van der Waals surface area contributed by atoms with Gasteiger partial charge >= 0.3 is 22.6 Å². The van der Waals surface area contributed by atoms with Crippen LogP contribution in [0.4, 0.5) is 0 Å². The van der Waals surface area contributed by atoms with Crippen molar-refractivity contribution in [3.8, 4) is 0 Å². The molecule has 0 bridgehead atoms. The van der Waals surface area contributed by atoms with Crippen LogP contribution in [-0.4, -0.2) is 16.8 Å². The van der Waals surface area contributed by atoms with Crippen molar-refractivity contribution in [3.05, 3.63) is 59.1 Å². The summed E-state index contributed by atoms with van der Waals surface area (Å²) in [5.74, 6) is -0.756. The Kier molecular flexibility index (Phi) is 1.90. The molecule has 4 rings (SSSR count). The predicted octanol–water partition coefficient (Wildman–Crippen LogP) is 0.547. The van der Waals surface area contributed by atoms with Gasteiger partial charge in [0.05, 0.1) is 10.8 Å². The van der Waals surface area contributed by atoms with Crippen molar-refractivity contribution >= 4 is 22.8 Å². The average molecular weight is 268 g/mol. The molecule has 6 nitrogen and oxygen atoms in total. The van der Waals surface area contributed by atoms with Gasteiger partial charge in [-0.1, -0.05) is 24.3 Å². The summed E-state index contributed by atoms with van der Waals surface area (Å²) in [6, 6.07) is 8.09. The highest BCUT2D eigenvalue weighted by Crippen LogP contribution is 2.23. The van der Waals surface area contributed by atoms with Crippen LogP contribution in [0.1, 0.15) is 32.1 Å². The van der Waals surface area contributed by atoms with E-state index in [-0.39, 0.29) is 28.4 Å². The Hall–Kier alpha value is -3.02. The van der Waals surface area contributed by atoms with Crippen molar-refractivity contribution < 1.29 is 28.9 Å². The minimum atomic E-state index is -0.424. The van der Waals surface area contributed by atoms with Crippen LogP contribution in [0.25, 0.3) is 11.2 Å². The zero-order chi connectivity index (χ0) is 13.9. The number of rotatable bonds is 0. The second kappa shape index (κ2) is 3.51. The molecule has 1 aliphatic carbocycles. The fourth-order valence-corrected chi connectivity index (χ4v) is 2.48. The number of aromatic nitrogens is 2. The van der Waals surface area contributed by atoms with E-state index in [1.165, 1.54) is 6.26 Å². The van der Waals surface area contributed by atoms with E-state index in [1.807, 2.05) is 0 Å². The summed E-state index contributed by atoms with van der Waals surface area (Å²) in [4.78, 5) is 27.7. The molecule has 20 heavy (non-hydrogen) atoms. The van der Waals surface area contributed by atoms with Crippen LogP contribution >= 0.6 is 0 Å². The fourth-order valence-electron chi connectivity index (χ4n) is 2.48. The smallest absolute Gasteiger partial charge is 0.405 e. The van der Waals surface area contributed by atoms with Crippen LogP contribution in [0, 0.1) is 0 Å². The van der Waals surface area contributed by atoms with Crippen molar-refractivity contribution in [3.63, 3.8) is 0 Å². The van der Waals surface area contributed by atoms with Crippen molar-refractivity contribution in [1.82, 2.24) is 0 Å². The predicted molar refractivity (Wildman–Crippen MR) is 63.5 cm³/mol. The molecular weight excluding hydrogens is 260 g/mol. The molecule has 0 unspecified atom stereocenters. The van der Waals surface area contributed by atoms with Crippen molar-refractivity contribution in [1.29, 1.82) is 0 Å². The highest BCUT2D eigenvalue weighted by atomic mass is 16.5. The lowest BCUT2D eigenvalue weighted by atomic mass is 9.90. The molecule has 0 saturated carbocycles. The summed E-state index contributed by atoms with van der Waals surface area (Å²) in [6.45, 7) is 0. The molecule has 1 aromatic carbocycles. The molecule has 2 aromatic heterocycles. The molecule has 3 aromatic rings. The standard InChI is InChI=1S/C14H7N2O4/c17-12-7-3-1-2-4-8(7)13(18)11-10(12)15-9-5-6-20-14(9)16(11)19/h1-6H,(H,15,19)/q+1/p+1. The third kappa shape index (κ3) is 1.17. The lowest BCUT2D eigenvalue weighted by molar-refractivity contribution is -0.892. The quantitative estimate of drug-likeness (QED) is 0.373. The molecular formula is C14H8N2O4+2. The first kappa shape index (κ1) is 10.9. The number of H-pyrrole nitrogens is 1. The first-order valence-corrected chi connectivity index (χ1v) is 5.94. The van der Waals surface area contributed by atoms with Gasteiger partial charge in [-0.25, -0.2) is 0 Å². The van der Waals surface area contributed by atoms with Crippen LogP contribution in [0.2, 0.25) is 0 Å². The van der Waals surface area contributed by atoms with Gasteiger partial charge in [0.25, 0.3) is 11.6 Å². The summed E-state index contributed by atoms with van der Waals surface area (Å²) in [6.07, 6.45) is 1.36. The molecule has 6 heteroatoms. The van der Waals surface area contributed by atoms with E-state index in [4.69, 9.17) is 4.42 Å². The Morgan fingerprint density at radius 3 is 2.50 bits per heavy atom. The molecule has 0 aliphatic heterocycles. The Bertz CT molecular complexity index is 911. The number of benzene rings is 1. The maximum Gasteiger partial charge on any atom is 0.496 e. The zero-order valence-electron chi connectivity index (χ0n) is 10.1. The number of nitrogens with zero attached hydrogens (tertiary/aromatic N) is 1. The number of fused-ring (bicyclic) bond motifs is 3. The van der Waals surface area contributed by atoms with E-state index >= 15 is 0 Å². The Morgan fingerprint density at radius 2 is 1.75 bits per heavy atom. The fraction of sp³-hybridized carbons (Fsp3) is 0. The number of furan rings is 1. The van der Waals surface area contributed by atoms with E-state index in [9.17, 15) is 14.8 Å². The largest absolute Gasteiger partial charge is 0.496 e. The van der Waals surface area contributed by atoms with Crippen LogP contribution in [0.15, 0.2) is 41.0 Å². The summed E-state index contributed by atoms with van der Waals surface area (Å²) in [7, 11) is 0. The molecule has 0 atom stereocenters. The highest BCUT2D eigenvalue weighted by Gasteiger charge is 2.46. The number of ketones is 2. The minimum absolute atomic E-state index is 0.0603. The lowest BCUT2D eigenvalue weighted by Crippen LogP contribution is -2.47. The van der Waals surface area contributed by atoms with Crippen molar-refractivity contribution in [2.24, 2.45) is 0 Å². The van der Waals surface area contributed by atoms with Gasteiger partial charge in [-0.2, -0.15) is 4.98 Å². The van der Waals surface area contributed by atoms with Crippen LogP contribution < -0.4 is 9.71 Å². The summed E-state index contributed by atoms with van der Waals surface area (Å²) >= 11 is 0. The van der Waals surface area contributed by atoms with Gasteiger partial charge in [0, 0.05) is 11.1 Å². The molecule has 0 spiro atoms. The topological polar surface area (TPSA) is 85.5 Å². The van der Waals surface area contributed by atoms with E-state index < -0.39 is 5.78 Å². The van der Waals surface area contributed by atoms with Gasteiger partial charge in [0.1, 0.15) is 6.26 Å². The monoisotopic (exact) mass is 268 g/mol. The highest BCUT2D eigenvalue weighted by molar-refractivity contribution is 6.25. The summed E-state index contributed by atoms with van der Waals surface area (Å²) in [5.41, 5.74) is 1.06. The number of nitrogens with one attached hydrogen (secondary N) is 1. The number of carbonyl (C=O) groups excluding carboxylic acids is 2. The number of carbonyl (C=O) groups is 2. The van der Waals surface area contributed by atoms with E-state index in [1.54, 1.807) is 30.3 Å². The molecule has 0 radical (unpaired) electrons. The van der Waals surface area contributed by atoms with Gasteiger partial charge in [0.15, 0.2) is 0 Å². The SMILES string of the molecule is O=C1c2ccccc2C(=O)c2c1[nH+]c1ccoc1[n+]2O. The number of hydrogen-bond donors (Lipinski definition) is 1. The van der Waals surface area contributed by atoms with Gasteiger partial charge in [-0.15, -0.1) is 0 Å². The molecule has 2 N–H and O–H groups in total. The average Bonchev–Trinajstić information content (AvgIpc) is 2.93. The van der Waals surface area contributed by atoms with E-state index in [0.29, 0.717) is 15.8 Å². The maximum atomic E-state index is 12.4. The number of aromatic amines is 1. The Morgan fingerprint density at radius 1 is 1.05 bits per heavy atom. The van der Waals surface area contributed by atoms with Crippen LogP contribution in [-0.2, 0) is 0 Å². The maximum absolute atomic E-state index is 12.4. The van der Waals surface area contributed by atoms with Gasteiger partial charge in [0.2, 0.25) is 0 Å². The summed E-state index contributed by atoms with van der Waals surface area (Å²) < 4.78 is 5.73. The normalized spacial score (nSPS) is 13.4. The van der Waals surface area contributed by atoms with Crippen LogP contribution in [0.5, 0.6) is 0 Å². The molecule has 2 heterocycles. The molecule has 1 aliphatic rings. The Labute approximate surface area is 111 Å². The van der Waals surface area contributed by atoms with Crippen molar-refractivity contribution in [2.75, 3.05) is 0 Å². The van der Waals surface area contributed by atoms with E-state index in [0.717, 1.165) is 0 Å². The Balaban J connectivity index is 2.14. The van der Waals surface area contributed by atoms with Gasteiger partial charge < -0.3 is 4.42 Å². The molecule has 0 saturated heterocycles. The van der Waals surface area contributed by atoms with Gasteiger partial charge in [-0.3, -0.25) is 14.8 Å². The second-order valence-electron chi connectivity index (χ2n) is 4.50. The minimum Gasteiger partial charge on any atom is -0.405 e. The van der Waals surface area contributed by atoms with Crippen LogP contribution in [0.3, 0.4) is 0 Å². The molecule has 0 amide bonds.